The second kappa shape index (κ2) is 14.0. The van der Waals surface area contributed by atoms with E-state index in [1.807, 2.05) is 44.2 Å². The highest BCUT2D eigenvalue weighted by molar-refractivity contribution is 7.99. The molecule has 0 radical (unpaired) electrons. The Morgan fingerprint density at radius 2 is 1.33 bits per heavy atom. The van der Waals surface area contributed by atoms with Gasteiger partial charge in [-0.2, -0.15) is 0 Å². The summed E-state index contributed by atoms with van der Waals surface area (Å²) in [5.41, 5.74) is -0.158. The zero-order valence-corrected chi connectivity index (χ0v) is 34.9. The Hall–Kier alpha value is -2.21. The molecule has 4 saturated heterocycles. The van der Waals surface area contributed by atoms with Gasteiger partial charge >= 0.3 is 0 Å². The van der Waals surface area contributed by atoms with Crippen molar-refractivity contribution in [2.24, 2.45) is 0 Å². The molecule has 0 spiro atoms. The van der Waals surface area contributed by atoms with Crippen LogP contribution in [0.1, 0.15) is 83.0 Å². The largest absolute Gasteiger partial charge is 0.408 e. The van der Waals surface area contributed by atoms with Crippen molar-refractivity contribution in [2.45, 2.75) is 163 Å². The van der Waals surface area contributed by atoms with E-state index in [4.69, 9.17) is 37.6 Å². The number of ether oxygens (including phenoxy) is 7. The van der Waals surface area contributed by atoms with Crippen LogP contribution in [0.15, 0.2) is 59.5 Å². The van der Waals surface area contributed by atoms with Gasteiger partial charge in [0.15, 0.2) is 25.7 Å². The summed E-state index contributed by atoms with van der Waals surface area (Å²) in [5.74, 6) is -4.11. The zero-order chi connectivity index (χ0) is 39.2. The average molecular weight is 786 g/mol. The maximum Gasteiger partial charge on any atom is 0.261 e. The van der Waals surface area contributed by atoms with Gasteiger partial charge in [0, 0.05) is 4.90 Å². The van der Waals surface area contributed by atoms with Gasteiger partial charge in [0.2, 0.25) is 0 Å². The van der Waals surface area contributed by atoms with Crippen molar-refractivity contribution < 1.29 is 52.3 Å². The van der Waals surface area contributed by atoms with Gasteiger partial charge in [-0.3, -0.25) is 14.5 Å². The molecule has 7 rings (SSSR count). The molecular formula is C40H55NO11SSi. The lowest BCUT2D eigenvalue weighted by molar-refractivity contribution is -0.197. The minimum atomic E-state index is -2.50. The summed E-state index contributed by atoms with van der Waals surface area (Å²) in [5, 5.41) is 12.7. The first-order valence-electron chi connectivity index (χ1n) is 18.8. The van der Waals surface area contributed by atoms with Crippen LogP contribution in [0.5, 0.6) is 0 Å². The SMILES string of the molecule is CC1(C)O[C@@H]([C@H](O[Si](C)(C)C(C)(C)C)[C@H]2COC(C)(C)O2)[C@@H]([C@@H](O)[C@H]2O[C@@H](Sc3ccccc3)[C@@H]3OC(C)(C)O[C@H]3[C@@H]2N2C(=O)c3ccccc3C2=O)O1. The average Bonchev–Trinajstić information content (AvgIpc) is 3.79. The summed E-state index contributed by atoms with van der Waals surface area (Å²) < 4.78 is 53.0. The molecule has 10 atom stereocenters. The Morgan fingerprint density at radius 3 is 1.91 bits per heavy atom. The summed E-state index contributed by atoms with van der Waals surface area (Å²) >= 11 is 1.42. The van der Waals surface area contributed by atoms with E-state index in [0.29, 0.717) is 0 Å². The van der Waals surface area contributed by atoms with Crippen molar-refractivity contribution in [1.82, 2.24) is 4.90 Å². The molecule has 2 amide bonds. The van der Waals surface area contributed by atoms with Crippen molar-refractivity contribution >= 4 is 31.9 Å². The first kappa shape index (κ1) is 40.0. The third-order valence-electron chi connectivity index (χ3n) is 11.3. The van der Waals surface area contributed by atoms with Gasteiger partial charge in [-0.25, -0.2) is 0 Å². The summed E-state index contributed by atoms with van der Waals surface area (Å²) in [6.45, 7) is 21.9. The van der Waals surface area contributed by atoms with Crippen LogP contribution in [0.25, 0.3) is 0 Å². The fraction of sp³-hybridized carbons (Fsp3) is 0.650. The second-order valence-electron chi connectivity index (χ2n) is 17.7. The quantitative estimate of drug-likeness (QED) is 0.233. The van der Waals surface area contributed by atoms with Gasteiger partial charge in [0.05, 0.1) is 23.8 Å². The highest BCUT2D eigenvalue weighted by atomic mass is 32.2. The molecule has 2 aromatic carbocycles. The Morgan fingerprint density at radius 1 is 0.778 bits per heavy atom. The number of rotatable bonds is 9. The molecule has 54 heavy (non-hydrogen) atoms. The lowest BCUT2D eigenvalue weighted by Gasteiger charge is -2.48. The molecule has 0 unspecified atom stereocenters. The first-order valence-corrected chi connectivity index (χ1v) is 22.6. The lowest BCUT2D eigenvalue weighted by Crippen LogP contribution is -2.68. The third kappa shape index (κ3) is 7.49. The number of amides is 2. The van der Waals surface area contributed by atoms with Crippen LogP contribution in [-0.4, -0.2) is 114 Å². The van der Waals surface area contributed by atoms with Crippen LogP contribution in [0.3, 0.4) is 0 Å². The van der Waals surface area contributed by atoms with E-state index < -0.39 is 97.8 Å². The van der Waals surface area contributed by atoms with Crippen LogP contribution in [-0.2, 0) is 37.6 Å². The van der Waals surface area contributed by atoms with Gasteiger partial charge in [-0.15, -0.1) is 0 Å². The van der Waals surface area contributed by atoms with Gasteiger partial charge in [-0.05, 0) is 83.9 Å². The molecule has 0 aliphatic carbocycles. The van der Waals surface area contributed by atoms with Gasteiger partial charge in [-0.1, -0.05) is 62.9 Å². The van der Waals surface area contributed by atoms with Gasteiger partial charge in [0.1, 0.15) is 54.3 Å². The molecule has 5 heterocycles. The van der Waals surface area contributed by atoms with Crippen molar-refractivity contribution in [3.8, 4) is 0 Å². The van der Waals surface area contributed by atoms with E-state index in [-0.39, 0.29) is 22.8 Å². The third-order valence-corrected chi connectivity index (χ3v) is 16.9. The van der Waals surface area contributed by atoms with E-state index >= 15 is 0 Å². The number of fused-ring (bicyclic) bond motifs is 2. The molecule has 296 valence electrons. The number of imide groups is 1. The Kier molecular flexibility index (Phi) is 10.4. The predicted octanol–water partition coefficient (Wildman–Crippen LogP) is 6.11. The van der Waals surface area contributed by atoms with E-state index in [1.165, 1.54) is 16.7 Å². The number of benzene rings is 2. The number of carbonyl (C=O) groups excluding carboxylic acids is 2. The molecule has 12 nitrogen and oxygen atoms in total. The van der Waals surface area contributed by atoms with Crippen LogP contribution in [0.2, 0.25) is 18.1 Å². The number of nitrogens with zero attached hydrogens (tertiary/aromatic N) is 1. The first-order chi connectivity index (χ1) is 25.1. The Labute approximate surface area is 323 Å². The number of hydrogen-bond acceptors (Lipinski definition) is 12. The predicted molar refractivity (Wildman–Crippen MR) is 202 cm³/mol. The molecule has 1 N–H and O–H groups in total. The van der Waals surface area contributed by atoms with E-state index in [1.54, 1.807) is 52.0 Å². The van der Waals surface area contributed by atoms with Crippen molar-refractivity contribution in [1.29, 1.82) is 0 Å². The minimum Gasteiger partial charge on any atom is -0.408 e. The molecule has 4 fully saturated rings. The van der Waals surface area contributed by atoms with E-state index in [0.717, 1.165) is 4.90 Å². The van der Waals surface area contributed by atoms with Crippen LogP contribution < -0.4 is 0 Å². The Bertz CT molecular complexity index is 1700. The van der Waals surface area contributed by atoms with Crippen molar-refractivity contribution in [3.63, 3.8) is 0 Å². The maximum absolute atomic E-state index is 14.2. The number of carbonyl (C=O) groups is 2. The standard InChI is InChI=1S/C40H55NO11SSi/c1-37(2,3)54(10,11)52-28(25-21-45-38(4,5)47-25)32-31(49-40(8,9)50-32)27(42)29-26(41-34(43)23-19-15-16-20-24(23)35(41)44)30-33(51-39(6,7)48-30)36(46-29)53-22-17-13-12-14-18-22/h12-20,25-33,36,42H,21H2,1-11H3/t25-,26-,27+,28-,29+,30+,31-,32+,33-,36+/m1/s1. The monoisotopic (exact) mass is 785 g/mol. The fourth-order valence-electron chi connectivity index (χ4n) is 7.85. The number of hydrogen-bond donors (Lipinski definition) is 1. The molecule has 5 aliphatic heterocycles. The van der Waals surface area contributed by atoms with Crippen LogP contribution in [0, 0.1) is 0 Å². The fourth-order valence-corrected chi connectivity index (χ4v) is 10.3. The maximum atomic E-state index is 14.2. The zero-order valence-electron chi connectivity index (χ0n) is 33.1. The van der Waals surface area contributed by atoms with Crippen LogP contribution in [0.4, 0.5) is 0 Å². The molecule has 14 heteroatoms. The lowest BCUT2D eigenvalue weighted by atomic mass is 9.87. The summed E-state index contributed by atoms with van der Waals surface area (Å²) in [6, 6.07) is 15.3. The van der Waals surface area contributed by atoms with E-state index in [9.17, 15) is 14.7 Å². The molecule has 0 aromatic heterocycles. The number of thioether (sulfide) groups is 1. The topological polar surface area (TPSA) is 131 Å². The summed E-state index contributed by atoms with van der Waals surface area (Å²) in [4.78, 5) is 30.6. The smallest absolute Gasteiger partial charge is 0.261 e. The minimum absolute atomic E-state index is 0.171. The normalized spacial score (nSPS) is 34.2. The summed E-state index contributed by atoms with van der Waals surface area (Å²) in [6.07, 6.45) is -7.44. The molecule has 0 bridgehead atoms. The van der Waals surface area contributed by atoms with E-state index in [2.05, 4.69) is 33.9 Å². The Balaban J connectivity index is 1.32. The highest BCUT2D eigenvalue weighted by Gasteiger charge is 2.64. The molecule has 0 saturated carbocycles. The molecule has 2 aromatic rings. The van der Waals surface area contributed by atoms with Crippen molar-refractivity contribution in [2.75, 3.05) is 6.61 Å². The number of aliphatic hydroxyl groups is 1. The number of aliphatic hydroxyl groups excluding tert-OH is 1. The van der Waals surface area contributed by atoms with Crippen molar-refractivity contribution in [3.05, 3.63) is 65.7 Å². The molecular weight excluding hydrogens is 731 g/mol. The van der Waals surface area contributed by atoms with Crippen LogP contribution >= 0.6 is 11.8 Å². The summed E-state index contributed by atoms with van der Waals surface area (Å²) in [7, 11) is -2.50. The van der Waals surface area contributed by atoms with Gasteiger partial charge < -0.3 is 42.7 Å². The molecule has 5 aliphatic rings. The highest BCUT2D eigenvalue weighted by Crippen LogP contribution is 2.49. The second-order valence-corrected chi connectivity index (χ2v) is 23.7. The van der Waals surface area contributed by atoms with Gasteiger partial charge in [0.25, 0.3) is 11.8 Å².